The van der Waals surface area contributed by atoms with E-state index in [0.29, 0.717) is 19.4 Å². The predicted molar refractivity (Wildman–Crippen MR) is 162 cm³/mol. The molecule has 0 saturated carbocycles. The Kier molecular flexibility index (Phi) is 11.4. The highest BCUT2D eigenvalue weighted by Crippen LogP contribution is 2.21. The first kappa shape index (κ1) is 34.0. The third kappa shape index (κ3) is 9.78. The number of hydrogen-bond acceptors (Lipinski definition) is 8. The first-order valence-corrected chi connectivity index (χ1v) is 14.6. The molecule has 0 aliphatic carbocycles. The molecule has 0 unspecified atom stereocenters. The molecule has 1 saturated heterocycles. The average molecular weight is 610 g/mol. The number of amides is 4. The van der Waals surface area contributed by atoms with Gasteiger partial charge in [0.15, 0.2) is 0 Å². The molecular weight excluding hydrogens is 566 g/mol. The van der Waals surface area contributed by atoms with Crippen molar-refractivity contribution in [3.05, 3.63) is 66.0 Å². The van der Waals surface area contributed by atoms with Gasteiger partial charge in [0.25, 0.3) is 0 Å². The molecule has 2 heterocycles. The molecule has 1 aliphatic heterocycles. The van der Waals surface area contributed by atoms with E-state index >= 15 is 0 Å². The summed E-state index contributed by atoms with van der Waals surface area (Å²) in [7, 11) is 1.24. The van der Waals surface area contributed by atoms with E-state index in [9.17, 15) is 24.0 Å². The van der Waals surface area contributed by atoms with Crippen molar-refractivity contribution in [1.29, 1.82) is 0 Å². The van der Waals surface area contributed by atoms with Crippen LogP contribution in [0.4, 0.5) is 4.79 Å². The molecule has 238 valence electrons. The fraction of sp³-hybridized carbons (Fsp3) is 0.500. The Morgan fingerprint density at radius 1 is 0.932 bits per heavy atom. The van der Waals surface area contributed by atoms with Crippen LogP contribution < -0.4 is 16.0 Å². The second kappa shape index (κ2) is 14.8. The summed E-state index contributed by atoms with van der Waals surface area (Å²) < 4.78 is 10.3. The van der Waals surface area contributed by atoms with Gasteiger partial charge in [-0.3, -0.25) is 19.4 Å². The van der Waals surface area contributed by atoms with Gasteiger partial charge in [-0.05, 0) is 64.7 Å². The van der Waals surface area contributed by atoms with Gasteiger partial charge in [-0.2, -0.15) is 0 Å². The van der Waals surface area contributed by atoms with Gasteiger partial charge in [0.2, 0.25) is 17.7 Å². The van der Waals surface area contributed by atoms with E-state index in [4.69, 9.17) is 9.47 Å². The van der Waals surface area contributed by atoms with E-state index in [2.05, 4.69) is 20.9 Å². The molecule has 12 heteroatoms. The van der Waals surface area contributed by atoms with E-state index in [1.807, 2.05) is 30.3 Å². The Bertz CT molecular complexity index is 1310. The van der Waals surface area contributed by atoms with Gasteiger partial charge in [-0.25, -0.2) is 9.59 Å². The molecule has 1 aromatic carbocycles. The van der Waals surface area contributed by atoms with Crippen LogP contribution in [0.15, 0.2) is 54.9 Å². The van der Waals surface area contributed by atoms with Crippen LogP contribution in [-0.4, -0.2) is 82.6 Å². The minimum Gasteiger partial charge on any atom is -0.467 e. The quantitative estimate of drug-likeness (QED) is 0.328. The third-order valence-electron chi connectivity index (χ3n) is 7.07. The zero-order valence-electron chi connectivity index (χ0n) is 26.2. The molecular formula is C32H43N5O7. The SMILES string of the molecule is COC(=O)[C@H](Cc1ccccc1)NC(=O)C(C)(C)NC(=O)[C@H]1CCCN1C(=O)[C@H](Cc1cccnc1)NC(=O)OC(C)(C)C. The fourth-order valence-electron chi connectivity index (χ4n) is 4.88. The van der Waals surface area contributed by atoms with Crippen molar-refractivity contribution in [1.82, 2.24) is 25.8 Å². The number of aromatic nitrogens is 1. The minimum atomic E-state index is -1.43. The summed E-state index contributed by atoms with van der Waals surface area (Å²) in [6.07, 6.45) is 3.73. The maximum Gasteiger partial charge on any atom is 0.408 e. The zero-order valence-corrected chi connectivity index (χ0v) is 26.2. The van der Waals surface area contributed by atoms with Crippen LogP contribution in [-0.2, 0) is 41.5 Å². The monoisotopic (exact) mass is 609 g/mol. The Morgan fingerprint density at radius 2 is 1.59 bits per heavy atom. The summed E-state index contributed by atoms with van der Waals surface area (Å²) in [5.41, 5.74) is -0.662. The lowest BCUT2D eigenvalue weighted by molar-refractivity contribution is -0.146. The number of likely N-dealkylation sites (tertiary alicyclic amines) is 1. The Hall–Kier alpha value is -4.48. The lowest BCUT2D eigenvalue weighted by Crippen LogP contribution is -2.61. The summed E-state index contributed by atoms with van der Waals surface area (Å²) in [6, 6.07) is 9.84. The van der Waals surface area contributed by atoms with Crippen molar-refractivity contribution in [2.75, 3.05) is 13.7 Å². The molecule has 3 atom stereocenters. The maximum absolute atomic E-state index is 13.8. The van der Waals surface area contributed by atoms with Gasteiger partial charge in [-0.1, -0.05) is 36.4 Å². The summed E-state index contributed by atoms with van der Waals surface area (Å²) in [6.45, 7) is 8.50. The Balaban J connectivity index is 1.72. The predicted octanol–water partition coefficient (Wildman–Crippen LogP) is 2.30. The van der Waals surface area contributed by atoms with Crippen LogP contribution in [0.3, 0.4) is 0 Å². The molecule has 3 rings (SSSR count). The summed E-state index contributed by atoms with van der Waals surface area (Å²) in [5.74, 6) is -2.18. The van der Waals surface area contributed by atoms with E-state index < -0.39 is 59.0 Å². The number of carbonyl (C=O) groups is 5. The lowest BCUT2D eigenvalue weighted by atomic mass is 10.00. The van der Waals surface area contributed by atoms with Gasteiger partial charge in [0, 0.05) is 31.8 Å². The molecule has 1 fully saturated rings. The first-order valence-electron chi connectivity index (χ1n) is 14.6. The largest absolute Gasteiger partial charge is 0.467 e. The molecule has 2 aromatic rings. The average Bonchev–Trinajstić information content (AvgIpc) is 3.46. The molecule has 0 spiro atoms. The maximum atomic E-state index is 13.8. The standard InChI is InChI=1S/C32H43N5O7/c1-31(2,3)44-30(42)35-23(19-22-14-10-16-33-20-22)27(39)37-17-11-15-25(37)26(38)36-32(4,5)29(41)34-24(28(40)43-6)18-21-12-8-7-9-13-21/h7-10,12-14,16,20,23-25H,11,15,17-19H2,1-6H3,(H,34,41)(H,35,42)(H,36,38)/t23-,24-,25+/m0/s1. The number of ether oxygens (including phenoxy) is 2. The molecule has 0 radical (unpaired) electrons. The molecule has 1 aliphatic rings. The van der Waals surface area contributed by atoms with Crippen LogP contribution in [0.1, 0.15) is 58.6 Å². The number of nitrogens with one attached hydrogen (secondary N) is 3. The second-order valence-corrected chi connectivity index (χ2v) is 12.3. The van der Waals surface area contributed by atoms with Crippen molar-refractivity contribution in [2.45, 2.75) is 89.6 Å². The van der Waals surface area contributed by atoms with Gasteiger partial charge >= 0.3 is 12.1 Å². The minimum absolute atomic E-state index is 0.140. The van der Waals surface area contributed by atoms with Crippen molar-refractivity contribution >= 4 is 29.8 Å². The summed E-state index contributed by atoms with van der Waals surface area (Å²) in [4.78, 5) is 71.3. The third-order valence-corrected chi connectivity index (χ3v) is 7.07. The fourth-order valence-corrected chi connectivity index (χ4v) is 4.88. The number of hydrogen-bond donors (Lipinski definition) is 3. The van der Waals surface area contributed by atoms with Crippen molar-refractivity contribution < 1.29 is 33.4 Å². The molecule has 1 aromatic heterocycles. The molecule has 0 bridgehead atoms. The number of carbonyl (C=O) groups excluding carboxylic acids is 5. The van der Waals surface area contributed by atoms with Crippen LogP contribution in [0, 0.1) is 0 Å². The normalized spacial score (nSPS) is 16.3. The highest BCUT2D eigenvalue weighted by Gasteiger charge is 2.41. The number of benzene rings is 1. The van der Waals surface area contributed by atoms with E-state index in [0.717, 1.165) is 11.1 Å². The van der Waals surface area contributed by atoms with Crippen molar-refractivity contribution in [2.24, 2.45) is 0 Å². The number of nitrogens with zero attached hydrogens (tertiary/aromatic N) is 2. The van der Waals surface area contributed by atoms with Crippen LogP contribution in [0.25, 0.3) is 0 Å². The number of alkyl carbamates (subject to hydrolysis) is 1. The summed E-state index contributed by atoms with van der Waals surface area (Å²) in [5, 5.41) is 8.11. The number of methoxy groups -OCH3 is 1. The van der Waals surface area contributed by atoms with E-state index in [1.165, 1.54) is 25.9 Å². The smallest absolute Gasteiger partial charge is 0.408 e. The van der Waals surface area contributed by atoms with Crippen molar-refractivity contribution in [3.8, 4) is 0 Å². The van der Waals surface area contributed by atoms with Crippen LogP contribution in [0.2, 0.25) is 0 Å². The van der Waals surface area contributed by atoms with Crippen molar-refractivity contribution in [3.63, 3.8) is 0 Å². The zero-order chi connectivity index (χ0) is 32.5. The van der Waals surface area contributed by atoms with Gasteiger partial charge in [0.1, 0.15) is 29.3 Å². The molecule has 44 heavy (non-hydrogen) atoms. The van der Waals surface area contributed by atoms with Crippen LogP contribution >= 0.6 is 0 Å². The van der Waals surface area contributed by atoms with Gasteiger partial charge < -0.3 is 30.3 Å². The van der Waals surface area contributed by atoms with E-state index in [-0.39, 0.29) is 12.8 Å². The van der Waals surface area contributed by atoms with Gasteiger partial charge in [0.05, 0.1) is 7.11 Å². The summed E-state index contributed by atoms with van der Waals surface area (Å²) >= 11 is 0. The number of rotatable bonds is 11. The highest BCUT2D eigenvalue weighted by molar-refractivity contribution is 5.96. The highest BCUT2D eigenvalue weighted by atomic mass is 16.6. The van der Waals surface area contributed by atoms with E-state index in [1.54, 1.807) is 45.3 Å². The van der Waals surface area contributed by atoms with Crippen LogP contribution in [0.5, 0.6) is 0 Å². The topological polar surface area (TPSA) is 156 Å². The first-order chi connectivity index (χ1) is 20.7. The lowest BCUT2D eigenvalue weighted by Gasteiger charge is -2.32. The Labute approximate surface area is 258 Å². The molecule has 3 N–H and O–H groups in total. The number of esters is 1. The second-order valence-electron chi connectivity index (χ2n) is 12.3. The molecule has 4 amide bonds. The molecule has 12 nitrogen and oxygen atoms in total. The van der Waals surface area contributed by atoms with Gasteiger partial charge in [-0.15, -0.1) is 0 Å². The Morgan fingerprint density at radius 3 is 2.20 bits per heavy atom. The number of pyridine rings is 1.